The standard InChI is InChI=1S/C16H17N3OS2/c20-10-19-14-4-2-1-3-13(14)18-16(19)21-9-12-7-11-8-17-6-5-15(11)22-12/h1-6,11-12,20H,7-10H2. The Bertz CT molecular complexity index is 753. The van der Waals surface area contributed by atoms with Gasteiger partial charge in [-0.3, -0.25) is 9.56 Å². The van der Waals surface area contributed by atoms with Gasteiger partial charge in [-0.05, 0) is 29.5 Å². The highest BCUT2D eigenvalue weighted by Gasteiger charge is 2.31. The number of nitrogens with zero attached hydrogens (tertiary/aromatic N) is 3. The third kappa shape index (κ3) is 2.59. The van der Waals surface area contributed by atoms with Crippen LogP contribution in [0, 0.1) is 5.92 Å². The van der Waals surface area contributed by atoms with Crippen LogP contribution in [-0.4, -0.2) is 38.4 Å². The molecule has 2 atom stereocenters. The van der Waals surface area contributed by atoms with Crippen LogP contribution in [-0.2, 0) is 6.73 Å². The molecule has 4 nitrogen and oxygen atoms in total. The van der Waals surface area contributed by atoms with Gasteiger partial charge in [-0.15, -0.1) is 11.8 Å². The number of hydrogen-bond acceptors (Lipinski definition) is 5. The van der Waals surface area contributed by atoms with Crippen LogP contribution in [0.15, 0.2) is 45.4 Å². The van der Waals surface area contributed by atoms with Gasteiger partial charge in [-0.25, -0.2) is 4.98 Å². The SMILES string of the molecule is OCn1c(SCC2CC3CN=CC=C3S2)nc2ccccc21. The summed E-state index contributed by atoms with van der Waals surface area (Å²) in [5.74, 6) is 1.64. The maximum atomic E-state index is 9.64. The van der Waals surface area contributed by atoms with Gasteiger partial charge in [0.05, 0.1) is 11.0 Å². The van der Waals surface area contributed by atoms with Crippen LogP contribution in [0.1, 0.15) is 6.42 Å². The number of benzene rings is 1. The first kappa shape index (κ1) is 14.4. The molecule has 0 aliphatic carbocycles. The first-order valence-corrected chi connectivity index (χ1v) is 9.27. The molecule has 6 heteroatoms. The average Bonchev–Trinajstić information content (AvgIpc) is 3.12. The molecule has 2 unspecified atom stereocenters. The van der Waals surface area contributed by atoms with Crippen molar-refractivity contribution in [2.75, 3.05) is 12.3 Å². The summed E-state index contributed by atoms with van der Waals surface area (Å²) in [4.78, 5) is 10.5. The Labute approximate surface area is 137 Å². The minimum Gasteiger partial charge on any atom is -0.376 e. The Hall–Kier alpha value is -1.24. The molecule has 4 rings (SSSR count). The van der Waals surface area contributed by atoms with Crippen LogP contribution < -0.4 is 0 Å². The normalized spacial score (nSPS) is 23.8. The smallest absolute Gasteiger partial charge is 0.170 e. The van der Waals surface area contributed by atoms with Crippen molar-refractivity contribution >= 4 is 40.8 Å². The van der Waals surface area contributed by atoms with E-state index >= 15 is 0 Å². The number of fused-ring (bicyclic) bond motifs is 2. The van der Waals surface area contributed by atoms with Crippen molar-refractivity contribution in [1.29, 1.82) is 0 Å². The lowest BCUT2D eigenvalue weighted by atomic mass is 10.0. The van der Waals surface area contributed by atoms with Gasteiger partial charge < -0.3 is 5.11 Å². The van der Waals surface area contributed by atoms with Crippen LogP contribution in [0.5, 0.6) is 0 Å². The number of rotatable bonds is 4. The molecule has 22 heavy (non-hydrogen) atoms. The van der Waals surface area contributed by atoms with Gasteiger partial charge in [0.1, 0.15) is 6.73 Å². The molecule has 1 aromatic heterocycles. The second kappa shape index (κ2) is 6.10. The lowest BCUT2D eigenvalue weighted by Crippen LogP contribution is -2.09. The number of thioether (sulfide) groups is 2. The highest BCUT2D eigenvalue weighted by Crippen LogP contribution is 2.44. The first-order valence-electron chi connectivity index (χ1n) is 7.40. The fourth-order valence-electron chi connectivity index (χ4n) is 2.99. The van der Waals surface area contributed by atoms with Gasteiger partial charge in [0, 0.05) is 29.7 Å². The summed E-state index contributed by atoms with van der Waals surface area (Å²) < 4.78 is 1.88. The summed E-state index contributed by atoms with van der Waals surface area (Å²) in [6, 6.07) is 7.96. The Morgan fingerprint density at radius 3 is 3.14 bits per heavy atom. The van der Waals surface area contributed by atoms with Crippen molar-refractivity contribution in [3.8, 4) is 0 Å². The number of aliphatic hydroxyl groups is 1. The largest absolute Gasteiger partial charge is 0.376 e. The van der Waals surface area contributed by atoms with Crippen molar-refractivity contribution in [3.05, 3.63) is 35.2 Å². The van der Waals surface area contributed by atoms with Gasteiger partial charge in [-0.2, -0.15) is 0 Å². The lowest BCUT2D eigenvalue weighted by molar-refractivity contribution is 0.205. The molecule has 114 valence electrons. The number of hydrogen-bond donors (Lipinski definition) is 1. The molecule has 1 saturated heterocycles. The topological polar surface area (TPSA) is 50.4 Å². The Kier molecular flexibility index (Phi) is 3.98. The Morgan fingerprint density at radius 1 is 1.36 bits per heavy atom. The summed E-state index contributed by atoms with van der Waals surface area (Å²) in [6.45, 7) is 0.914. The maximum absolute atomic E-state index is 9.64. The predicted octanol–water partition coefficient (Wildman–Crippen LogP) is 3.17. The van der Waals surface area contributed by atoms with Crippen molar-refractivity contribution < 1.29 is 5.11 Å². The highest BCUT2D eigenvalue weighted by molar-refractivity contribution is 8.06. The van der Waals surface area contributed by atoms with E-state index in [-0.39, 0.29) is 6.73 Å². The first-order chi connectivity index (χ1) is 10.8. The molecule has 0 bridgehead atoms. The average molecular weight is 331 g/mol. The lowest BCUT2D eigenvalue weighted by Gasteiger charge is -2.10. The third-order valence-electron chi connectivity index (χ3n) is 4.08. The maximum Gasteiger partial charge on any atom is 0.170 e. The summed E-state index contributed by atoms with van der Waals surface area (Å²) in [6.07, 6.45) is 5.28. The third-order valence-corrected chi connectivity index (χ3v) is 6.87. The molecule has 0 radical (unpaired) electrons. The van der Waals surface area contributed by atoms with E-state index in [9.17, 15) is 5.11 Å². The molecule has 2 aliphatic heterocycles. The van der Waals surface area contributed by atoms with E-state index in [1.807, 2.05) is 46.8 Å². The molecule has 1 aromatic carbocycles. The number of para-hydroxylation sites is 2. The number of allylic oxidation sites excluding steroid dienone is 1. The fraction of sp³-hybridized carbons (Fsp3) is 0.375. The fourth-order valence-corrected chi connectivity index (χ4v) is 5.63. The Balaban J connectivity index is 1.48. The van der Waals surface area contributed by atoms with Gasteiger partial charge >= 0.3 is 0 Å². The second-order valence-electron chi connectivity index (χ2n) is 5.52. The summed E-state index contributed by atoms with van der Waals surface area (Å²) in [7, 11) is 0. The van der Waals surface area contributed by atoms with Crippen LogP contribution in [0.2, 0.25) is 0 Å². The zero-order chi connectivity index (χ0) is 14.9. The molecular formula is C16H17N3OS2. The van der Waals surface area contributed by atoms with Crippen molar-refractivity contribution in [3.63, 3.8) is 0 Å². The van der Waals surface area contributed by atoms with Crippen LogP contribution in [0.4, 0.5) is 0 Å². The summed E-state index contributed by atoms with van der Waals surface area (Å²) in [5.41, 5.74) is 1.94. The van der Waals surface area contributed by atoms with Crippen molar-refractivity contribution in [2.45, 2.75) is 23.6 Å². The van der Waals surface area contributed by atoms with Crippen molar-refractivity contribution in [1.82, 2.24) is 9.55 Å². The number of imidazole rings is 1. The van der Waals surface area contributed by atoms with Gasteiger partial charge in [0.25, 0.3) is 0 Å². The summed E-state index contributed by atoms with van der Waals surface area (Å²) >= 11 is 3.73. The summed E-state index contributed by atoms with van der Waals surface area (Å²) in [5, 5.41) is 11.2. The van der Waals surface area contributed by atoms with Gasteiger partial charge in [0.15, 0.2) is 5.16 Å². The minimum absolute atomic E-state index is 0.0255. The van der Waals surface area contributed by atoms with E-state index in [4.69, 9.17) is 0 Å². The molecule has 1 fully saturated rings. The van der Waals surface area contributed by atoms with Gasteiger partial charge in [0.2, 0.25) is 0 Å². The highest BCUT2D eigenvalue weighted by atomic mass is 32.2. The number of aromatic nitrogens is 2. The zero-order valence-corrected chi connectivity index (χ0v) is 13.7. The molecule has 2 aliphatic rings. The Morgan fingerprint density at radius 2 is 2.27 bits per heavy atom. The van der Waals surface area contributed by atoms with Gasteiger partial charge in [-0.1, -0.05) is 23.9 Å². The second-order valence-corrected chi connectivity index (χ2v) is 7.88. The van der Waals surface area contributed by atoms with E-state index in [2.05, 4.69) is 16.1 Å². The number of aliphatic imine (C=N–C) groups is 1. The van der Waals surface area contributed by atoms with Crippen LogP contribution in [0.25, 0.3) is 11.0 Å². The molecule has 0 amide bonds. The monoisotopic (exact) mass is 331 g/mol. The van der Waals surface area contributed by atoms with Crippen LogP contribution in [0.3, 0.4) is 0 Å². The number of dihydropyridines is 1. The van der Waals surface area contributed by atoms with E-state index in [1.54, 1.807) is 11.8 Å². The van der Waals surface area contributed by atoms with E-state index < -0.39 is 0 Å². The van der Waals surface area contributed by atoms with Crippen LogP contribution >= 0.6 is 23.5 Å². The van der Waals surface area contributed by atoms with E-state index in [0.29, 0.717) is 11.2 Å². The predicted molar refractivity (Wildman–Crippen MR) is 93.6 cm³/mol. The minimum atomic E-state index is -0.0255. The van der Waals surface area contributed by atoms with E-state index in [1.165, 1.54) is 11.3 Å². The molecular weight excluding hydrogens is 314 g/mol. The molecule has 0 saturated carbocycles. The molecule has 3 heterocycles. The quantitative estimate of drug-likeness (QED) is 0.874. The zero-order valence-electron chi connectivity index (χ0n) is 12.1. The van der Waals surface area contributed by atoms with Crippen molar-refractivity contribution in [2.24, 2.45) is 10.9 Å². The molecule has 0 spiro atoms. The number of aliphatic hydroxyl groups excluding tert-OH is 1. The molecule has 2 aromatic rings. The molecule has 1 N–H and O–H groups in total. The van der Waals surface area contributed by atoms with E-state index in [0.717, 1.165) is 28.5 Å².